The molecule has 0 aromatic carbocycles. The number of amides is 2. The fourth-order valence-electron chi connectivity index (χ4n) is 5.90. The number of alkyl halides is 5. The van der Waals surface area contributed by atoms with Crippen molar-refractivity contribution in [1.82, 2.24) is 40.2 Å². The van der Waals surface area contributed by atoms with Crippen LogP contribution in [0.15, 0.2) is 54.3 Å². The number of halogens is 5. The van der Waals surface area contributed by atoms with Crippen molar-refractivity contribution in [3.8, 4) is 28.5 Å². The van der Waals surface area contributed by atoms with Crippen molar-refractivity contribution in [3.63, 3.8) is 0 Å². The summed E-state index contributed by atoms with van der Waals surface area (Å²) in [6, 6.07) is -0.829. The smallest absolute Gasteiger partial charge is 0.419 e. The molecule has 2 fully saturated rings. The van der Waals surface area contributed by atoms with Gasteiger partial charge in [0.15, 0.2) is 15.7 Å². The zero-order chi connectivity index (χ0) is 36.6. The van der Waals surface area contributed by atoms with Crippen molar-refractivity contribution < 1.29 is 39.9 Å². The lowest BCUT2D eigenvalue weighted by molar-refractivity contribution is -0.137. The molecule has 4 aromatic heterocycles. The van der Waals surface area contributed by atoms with Crippen LogP contribution in [-0.2, 0) is 16.0 Å². The molecule has 0 aliphatic heterocycles. The Bertz CT molecular complexity index is 1990. The summed E-state index contributed by atoms with van der Waals surface area (Å²) >= 11 is 0. The van der Waals surface area contributed by atoms with Crippen LogP contribution >= 0.6 is 0 Å². The van der Waals surface area contributed by atoms with Crippen molar-refractivity contribution >= 4 is 27.6 Å². The zero-order valence-electron chi connectivity index (χ0n) is 27.1. The number of aromatic nitrogens is 7. The number of pyridine rings is 1. The van der Waals surface area contributed by atoms with E-state index in [4.69, 9.17) is 4.74 Å². The summed E-state index contributed by atoms with van der Waals surface area (Å²) in [6.45, 7) is 0. The number of nitrogens with one attached hydrogen (secondary N) is 2. The third kappa shape index (κ3) is 8.26. The van der Waals surface area contributed by atoms with Gasteiger partial charge in [0.05, 0.1) is 35.8 Å². The van der Waals surface area contributed by atoms with Gasteiger partial charge in [-0.1, -0.05) is 0 Å². The molecule has 0 atom stereocenters. The van der Waals surface area contributed by atoms with Crippen molar-refractivity contribution in [2.75, 3.05) is 23.6 Å². The first-order valence-electron chi connectivity index (χ1n) is 15.6. The number of sulfone groups is 1. The first-order chi connectivity index (χ1) is 24.1. The van der Waals surface area contributed by atoms with Crippen molar-refractivity contribution in [3.05, 3.63) is 55.0 Å². The van der Waals surface area contributed by atoms with E-state index in [9.17, 15) is 35.2 Å². The Hall–Kier alpha value is -5.14. The molecule has 2 saturated carbocycles. The van der Waals surface area contributed by atoms with E-state index in [0.29, 0.717) is 43.1 Å². The van der Waals surface area contributed by atoms with Crippen LogP contribution in [0.25, 0.3) is 22.5 Å². The highest BCUT2D eigenvalue weighted by atomic mass is 32.2. The van der Waals surface area contributed by atoms with Crippen LogP contribution in [0, 0.1) is 0 Å². The third-order valence-electron chi connectivity index (χ3n) is 8.53. The molecule has 6 rings (SSSR count). The summed E-state index contributed by atoms with van der Waals surface area (Å²) in [5.41, 5.74) is -0.900. The molecule has 0 radical (unpaired) electrons. The second-order valence-corrected chi connectivity index (χ2v) is 14.3. The molecule has 4 heterocycles. The van der Waals surface area contributed by atoms with Gasteiger partial charge in [0.25, 0.3) is 5.92 Å². The minimum absolute atomic E-state index is 0.115. The molecule has 0 spiro atoms. The van der Waals surface area contributed by atoms with E-state index in [0.717, 1.165) is 24.7 Å². The Morgan fingerprint density at radius 2 is 1.61 bits per heavy atom. The number of rotatable bonds is 9. The molecule has 0 bridgehead atoms. The first kappa shape index (κ1) is 35.7. The van der Waals surface area contributed by atoms with Crippen molar-refractivity contribution in [1.29, 1.82) is 0 Å². The largest absolute Gasteiger partial charge is 0.467 e. The lowest BCUT2D eigenvalue weighted by Crippen LogP contribution is -2.56. The molecular formula is C31H31F5N10O4S. The summed E-state index contributed by atoms with van der Waals surface area (Å²) in [6.07, 6.45) is 5.34. The predicted molar refractivity (Wildman–Crippen MR) is 172 cm³/mol. The SMILES string of the molecule is COc1ncc(-c2cnc(N(C(=O)NC3CC(F)(F)C3)C3CCC(Nc4ncc(C(F)(F)F)c(-c5cncc(S(C)(=O)=O)c5)n4)CC3)cn2)cn1. The molecule has 14 nitrogen and oxygen atoms in total. The predicted octanol–water partition coefficient (Wildman–Crippen LogP) is 4.95. The minimum Gasteiger partial charge on any atom is -0.467 e. The molecule has 270 valence electrons. The Morgan fingerprint density at radius 3 is 2.20 bits per heavy atom. The Labute approximate surface area is 288 Å². The number of methoxy groups -OCH3 is 1. The van der Waals surface area contributed by atoms with Crippen LogP contribution in [0.2, 0.25) is 0 Å². The van der Waals surface area contributed by atoms with Crippen LogP contribution in [-0.4, -0.2) is 86.8 Å². The highest BCUT2D eigenvalue weighted by Crippen LogP contribution is 2.39. The van der Waals surface area contributed by atoms with Gasteiger partial charge in [-0.2, -0.15) is 13.2 Å². The number of nitrogens with zero attached hydrogens (tertiary/aromatic N) is 8. The zero-order valence-corrected chi connectivity index (χ0v) is 27.9. The maximum atomic E-state index is 13.9. The van der Waals surface area contributed by atoms with Crippen LogP contribution < -0.4 is 20.3 Å². The van der Waals surface area contributed by atoms with E-state index >= 15 is 0 Å². The topological polar surface area (TPSA) is 178 Å². The first-order valence-corrected chi connectivity index (χ1v) is 17.5. The summed E-state index contributed by atoms with van der Waals surface area (Å²) in [5, 5.41) is 5.72. The molecule has 0 saturated heterocycles. The number of carbonyl (C=O) groups is 1. The van der Waals surface area contributed by atoms with Crippen LogP contribution in [0.1, 0.15) is 44.1 Å². The maximum absolute atomic E-state index is 13.9. The summed E-state index contributed by atoms with van der Waals surface area (Å²) in [5.74, 6) is -2.77. The number of urea groups is 1. The molecule has 20 heteroatoms. The van der Waals surface area contributed by atoms with Gasteiger partial charge >= 0.3 is 18.2 Å². The Kier molecular flexibility index (Phi) is 9.71. The summed E-state index contributed by atoms with van der Waals surface area (Å²) < 4.78 is 98.0. The van der Waals surface area contributed by atoms with Crippen molar-refractivity contribution in [2.45, 2.75) is 73.6 Å². The van der Waals surface area contributed by atoms with E-state index in [1.807, 2.05) is 0 Å². The fourth-order valence-corrected chi connectivity index (χ4v) is 6.50. The van der Waals surface area contributed by atoms with E-state index in [1.54, 1.807) is 0 Å². The average molecular weight is 735 g/mol. The van der Waals surface area contributed by atoms with Crippen LogP contribution in [0.5, 0.6) is 6.01 Å². The Balaban J connectivity index is 1.19. The number of ether oxygens (including phenoxy) is 1. The second kappa shape index (κ2) is 13.9. The van der Waals surface area contributed by atoms with Gasteiger partial charge in [-0.15, -0.1) is 0 Å². The van der Waals surface area contributed by atoms with E-state index in [1.165, 1.54) is 36.8 Å². The van der Waals surface area contributed by atoms with Gasteiger partial charge in [-0.25, -0.2) is 46.9 Å². The molecule has 2 N–H and O–H groups in total. The van der Waals surface area contributed by atoms with Gasteiger partial charge in [0, 0.05) is 79.3 Å². The molecule has 2 aliphatic rings. The van der Waals surface area contributed by atoms with E-state index in [2.05, 4.69) is 45.5 Å². The van der Waals surface area contributed by atoms with Crippen LogP contribution in [0.4, 0.5) is 38.5 Å². The van der Waals surface area contributed by atoms with Gasteiger partial charge < -0.3 is 15.4 Å². The fraction of sp³-hybridized carbons (Fsp3) is 0.419. The van der Waals surface area contributed by atoms with E-state index in [-0.39, 0.29) is 34.3 Å². The van der Waals surface area contributed by atoms with Gasteiger partial charge in [0.2, 0.25) is 5.95 Å². The summed E-state index contributed by atoms with van der Waals surface area (Å²) in [4.78, 5) is 43.4. The highest BCUT2D eigenvalue weighted by molar-refractivity contribution is 7.90. The monoisotopic (exact) mass is 734 g/mol. The Morgan fingerprint density at radius 1 is 0.902 bits per heavy atom. The third-order valence-corrected chi connectivity index (χ3v) is 9.61. The lowest BCUT2D eigenvalue weighted by atomic mass is 9.88. The lowest BCUT2D eigenvalue weighted by Gasteiger charge is -2.40. The van der Waals surface area contributed by atoms with Crippen LogP contribution in [0.3, 0.4) is 0 Å². The van der Waals surface area contributed by atoms with Gasteiger partial charge in [-0.05, 0) is 31.7 Å². The molecule has 0 unspecified atom stereocenters. The van der Waals surface area contributed by atoms with Crippen molar-refractivity contribution in [2.24, 2.45) is 0 Å². The number of hydrogen-bond donors (Lipinski definition) is 2. The molecule has 2 amide bonds. The number of hydrogen-bond acceptors (Lipinski definition) is 12. The molecular weight excluding hydrogens is 703 g/mol. The standard InChI is InChI=1S/C31H31F5N10O4S/c1-50-28-41-11-18(12-42-28)24-15-39-25(16-38-24)46(29(47)44-20-8-30(32,33)9-20)21-5-3-19(4-6-21)43-27-40-14-23(31(34,35)36)26(45-27)17-7-22(13-37-10-17)51(2,48)49/h7,10-16,19-21H,3-6,8-9H2,1-2H3,(H,44,47)(H,40,43,45). The van der Waals surface area contributed by atoms with E-state index < -0.39 is 64.1 Å². The minimum atomic E-state index is -4.84. The highest BCUT2D eigenvalue weighted by Gasteiger charge is 2.47. The van der Waals surface area contributed by atoms with Gasteiger partial charge in [0.1, 0.15) is 5.56 Å². The number of anilines is 2. The normalized spacial score (nSPS) is 19.1. The second-order valence-electron chi connectivity index (χ2n) is 12.3. The summed E-state index contributed by atoms with van der Waals surface area (Å²) in [7, 11) is -2.34. The molecule has 2 aliphatic carbocycles. The average Bonchev–Trinajstić information content (AvgIpc) is 3.08. The molecule has 51 heavy (non-hydrogen) atoms. The number of carbonyl (C=O) groups excluding carboxylic acids is 1. The molecule has 4 aromatic rings. The quantitative estimate of drug-likeness (QED) is 0.222. The maximum Gasteiger partial charge on any atom is 0.419 e. The van der Waals surface area contributed by atoms with Gasteiger partial charge in [-0.3, -0.25) is 14.9 Å².